The van der Waals surface area contributed by atoms with Crippen molar-refractivity contribution in [2.24, 2.45) is 5.92 Å². The van der Waals surface area contributed by atoms with Gasteiger partial charge in [-0.15, -0.1) is 0 Å². The highest BCUT2D eigenvalue weighted by Crippen LogP contribution is 2.45. The minimum atomic E-state index is 0.336. The van der Waals surface area contributed by atoms with Crippen LogP contribution in [0.4, 0.5) is 0 Å². The molecule has 3 rings (SSSR count). The molecule has 0 radical (unpaired) electrons. The van der Waals surface area contributed by atoms with Crippen molar-refractivity contribution in [1.29, 1.82) is 0 Å². The van der Waals surface area contributed by atoms with Crippen molar-refractivity contribution in [3.8, 4) is 0 Å². The SMILES string of the molecule is CC1(C2CC2)CN(C/C=C/Cl)C2(CCCCC2)CN1. The average Bonchev–Trinajstić information content (AvgIpc) is 3.26. The molecule has 2 aliphatic carbocycles. The van der Waals surface area contributed by atoms with E-state index in [-0.39, 0.29) is 0 Å². The molecule has 3 heteroatoms. The van der Waals surface area contributed by atoms with E-state index in [9.17, 15) is 0 Å². The maximum atomic E-state index is 5.77. The smallest absolute Gasteiger partial charge is 0.0338 e. The molecule has 0 aromatic carbocycles. The van der Waals surface area contributed by atoms with Crippen LogP contribution in [0.1, 0.15) is 51.9 Å². The Morgan fingerprint density at radius 2 is 2.00 bits per heavy atom. The molecule has 19 heavy (non-hydrogen) atoms. The van der Waals surface area contributed by atoms with E-state index in [1.807, 2.05) is 0 Å². The Balaban J connectivity index is 1.76. The summed E-state index contributed by atoms with van der Waals surface area (Å²) in [6, 6.07) is 0. The van der Waals surface area contributed by atoms with Gasteiger partial charge in [-0.05, 0) is 38.5 Å². The summed E-state index contributed by atoms with van der Waals surface area (Å²) in [6.07, 6.45) is 11.9. The van der Waals surface area contributed by atoms with Crippen molar-refractivity contribution < 1.29 is 0 Å². The second-order valence-electron chi connectivity index (χ2n) is 7.07. The van der Waals surface area contributed by atoms with Gasteiger partial charge in [-0.2, -0.15) is 0 Å². The summed E-state index contributed by atoms with van der Waals surface area (Å²) >= 11 is 5.77. The second kappa shape index (κ2) is 5.38. The summed E-state index contributed by atoms with van der Waals surface area (Å²) in [4.78, 5) is 2.74. The highest BCUT2D eigenvalue weighted by atomic mass is 35.5. The van der Waals surface area contributed by atoms with Crippen molar-refractivity contribution in [2.75, 3.05) is 19.6 Å². The molecule has 1 atom stereocenters. The molecule has 0 bridgehead atoms. The molecular weight excluding hydrogens is 256 g/mol. The van der Waals surface area contributed by atoms with Gasteiger partial charge in [0.2, 0.25) is 0 Å². The number of rotatable bonds is 3. The molecule has 3 fully saturated rings. The molecule has 1 saturated heterocycles. The lowest BCUT2D eigenvalue weighted by atomic mass is 9.76. The van der Waals surface area contributed by atoms with Gasteiger partial charge < -0.3 is 5.32 Å². The van der Waals surface area contributed by atoms with Gasteiger partial charge in [0.15, 0.2) is 0 Å². The molecule has 108 valence electrons. The van der Waals surface area contributed by atoms with Crippen LogP contribution < -0.4 is 5.32 Å². The first-order valence-corrected chi connectivity index (χ1v) is 8.38. The molecule has 1 spiro atoms. The maximum Gasteiger partial charge on any atom is 0.0338 e. The van der Waals surface area contributed by atoms with Crippen molar-refractivity contribution in [3.63, 3.8) is 0 Å². The van der Waals surface area contributed by atoms with Gasteiger partial charge in [0.1, 0.15) is 0 Å². The zero-order valence-corrected chi connectivity index (χ0v) is 12.9. The zero-order valence-electron chi connectivity index (χ0n) is 12.1. The average molecular weight is 283 g/mol. The van der Waals surface area contributed by atoms with Gasteiger partial charge in [-0.25, -0.2) is 0 Å². The van der Waals surface area contributed by atoms with E-state index >= 15 is 0 Å². The van der Waals surface area contributed by atoms with Crippen LogP contribution in [0, 0.1) is 5.92 Å². The van der Waals surface area contributed by atoms with Crippen LogP contribution >= 0.6 is 11.6 Å². The Morgan fingerprint density at radius 3 is 2.63 bits per heavy atom. The molecule has 1 N–H and O–H groups in total. The standard InChI is InChI=1S/C16H27ClN2/c1-15(14-6-7-14)13-19(11-5-10-17)16(12-18-15)8-3-2-4-9-16/h5,10,14,18H,2-4,6-9,11-13H2,1H3/b10-5+. The van der Waals surface area contributed by atoms with Gasteiger partial charge in [0, 0.05) is 36.2 Å². The third-order valence-corrected chi connectivity index (χ3v) is 5.87. The first-order chi connectivity index (χ1) is 9.19. The molecule has 3 aliphatic rings. The highest BCUT2D eigenvalue weighted by Gasteiger charge is 2.50. The molecule has 1 aliphatic heterocycles. The zero-order chi connectivity index (χ0) is 13.3. The normalized spacial score (nSPS) is 36.1. The van der Waals surface area contributed by atoms with Crippen LogP contribution in [0.3, 0.4) is 0 Å². The monoisotopic (exact) mass is 282 g/mol. The Bertz CT molecular complexity index is 345. The highest BCUT2D eigenvalue weighted by molar-refractivity contribution is 6.25. The van der Waals surface area contributed by atoms with Gasteiger partial charge >= 0.3 is 0 Å². The minimum Gasteiger partial charge on any atom is -0.308 e. The van der Waals surface area contributed by atoms with Crippen LogP contribution in [0.25, 0.3) is 0 Å². The first-order valence-electron chi connectivity index (χ1n) is 7.94. The fraction of sp³-hybridized carbons (Fsp3) is 0.875. The number of nitrogens with zero attached hydrogens (tertiary/aromatic N) is 1. The van der Waals surface area contributed by atoms with Gasteiger partial charge in [0.25, 0.3) is 0 Å². The summed E-state index contributed by atoms with van der Waals surface area (Å²) in [5.74, 6) is 0.899. The summed E-state index contributed by atoms with van der Waals surface area (Å²) in [7, 11) is 0. The Hall–Kier alpha value is -0.0500. The predicted molar refractivity (Wildman–Crippen MR) is 81.5 cm³/mol. The third-order valence-electron chi connectivity index (χ3n) is 5.69. The Kier molecular flexibility index (Phi) is 3.94. The quantitative estimate of drug-likeness (QED) is 0.852. The molecule has 1 unspecified atom stereocenters. The van der Waals surface area contributed by atoms with E-state index in [2.05, 4.69) is 23.2 Å². The number of hydrogen-bond acceptors (Lipinski definition) is 2. The van der Waals surface area contributed by atoms with E-state index in [1.165, 1.54) is 58.0 Å². The Morgan fingerprint density at radius 1 is 1.26 bits per heavy atom. The Labute approximate surface area is 122 Å². The molecule has 2 nitrogen and oxygen atoms in total. The van der Waals surface area contributed by atoms with Crippen LogP contribution in [0.5, 0.6) is 0 Å². The first kappa shape index (κ1) is 13.9. The summed E-state index contributed by atoms with van der Waals surface area (Å²) in [6.45, 7) is 5.82. The number of nitrogens with one attached hydrogen (secondary N) is 1. The number of hydrogen-bond donors (Lipinski definition) is 1. The van der Waals surface area contributed by atoms with Crippen LogP contribution in [0.15, 0.2) is 11.6 Å². The molecule has 0 aromatic heterocycles. The maximum absolute atomic E-state index is 5.77. The van der Waals surface area contributed by atoms with Gasteiger partial charge in [0.05, 0.1) is 0 Å². The minimum absolute atomic E-state index is 0.336. The van der Waals surface area contributed by atoms with Crippen molar-refractivity contribution >= 4 is 11.6 Å². The van der Waals surface area contributed by atoms with Crippen LogP contribution in [0.2, 0.25) is 0 Å². The predicted octanol–water partition coefficient (Wildman–Crippen LogP) is 3.52. The van der Waals surface area contributed by atoms with Crippen LogP contribution in [-0.2, 0) is 0 Å². The topological polar surface area (TPSA) is 15.3 Å². The van der Waals surface area contributed by atoms with E-state index in [0.29, 0.717) is 11.1 Å². The summed E-state index contributed by atoms with van der Waals surface area (Å²) in [5, 5.41) is 3.93. The molecule has 0 aromatic rings. The lowest BCUT2D eigenvalue weighted by molar-refractivity contribution is -0.0123. The second-order valence-corrected chi connectivity index (χ2v) is 7.32. The van der Waals surface area contributed by atoms with E-state index in [1.54, 1.807) is 5.54 Å². The lowest BCUT2D eigenvalue weighted by Crippen LogP contribution is -2.70. The summed E-state index contributed by atoms with van der Waals surface area (Å²) in [5.41, 5.74) is 2.43. The van der Waals surface area contributed by atoms with E-state index in [4.69, 9.17) is 11.6 Å². The summed E-state index contributed by atoms with van der Waals surface area (Å²) < 4.78 is 0. The molecule has 2 saturated carbocycles. The molecule has 1 heterocycles. The number of piperazine rings is 1. The van der Waals surface area contributed by atoms with Crippen LogP contribution in [-0.4, -0.2) is 35.6 Å². The van der Waals surface area contributed by atoms with Crippen molar-refractivity contribution in [2.45, 2.75) is 62.9 Å². The molecular formula is C16H27ClN2. The van der Waals surface area contributed by atoms with Crippen molar-refractivity contribution in [3.05, 3.63) is 11.6 Å². The van der Waals surface area contributed by atoms with E-state index < -0.39 is 0 Å². The largest absolute Gasteiger partial charge is 0.308 e. The molecule has 0 amide bonds. The lowest BCUT2D eigenvalue weighted by Gasteiger charge is -2.55. The fourth-order valence-electron chi connectivity index (χ4n) is 4.22. The van der Waals surface area contributed by atoms with E-state index in [0.717, 1.165) is 12.5 Å². The van der Waals surface area contributed by atoms with Gasteiger partial charge in [-0.1, -0.05) is 36.9 Å². The number of halogens is 1. The third kappa shape index (κ3) is 2.72. The van der Waals surface area contributed by atoms with Gasteiger partial charge in [-0.3, -0.25) is 4.90 Å². The van der Waals surface area contributed by atoms with Crippen molar-refractivity contribution in [1.82, 2.24) is 10.2 Å². The fourth-order valence-corrected chi connectivity index (χ4v) is 4.30.